The van der Waals surface area contributed by atoms with Crippen LogP contribution in [0.15, 0.2) is 30.3 Å². The Balaban J connectivity index is 1.96. The molecule has 2 rings (SSSR count). The van der Waals surface area contributed by atoms with Crippen molar-refractivity contribution >= 4 is 5.91 Å². The Morgan fingerprint density at radius 2 is 2.05 bits per heavy atom. The first-order valence-corrected chi connectivity index (χ1v) is 7.28. The Labute approximate surface area is 115 Å². The number of likely N-dealkylation sites (tertiary alicyclic amines) is 1. The highest BCUT2D eigenvalue weighted by molar-refractivity contribution is 5.77. The molecule has 0 spiro atoms. The summed E-state index contributed by atoms with van der Waals surface area (Å²) in [4.78, 5) is 14.4. The van der Waals surface area contributed by atoms with Crippen molar-refractivity contribution in [3.63, 3.8) is 0 Å². The zero-order valence-corrected chi connectivity index (χ0v) is 11.7. The molecule has 3 nitrogen and oxygen atoms in total. The van der Waals surface area contributed by atoms with Crippen LogP contribution >= 0.6 is 0 Å². The highest BCUT2D eigenvalue weighted by Crippen LogP contribution is 2.20. The number of hydrogen-bond acceptors (Lipinski definition) is 2. The molecule has 2 N–H and O–H groups in total. The van der Waals surface area contributed by atoms with Crippen molar-refractivity contribution in [2.24, 2.45) is 5.73 Å². The van der Waals surface area contributed by atoms with Gasteiger partial charge >= 0.3 is 0 Å². The standard InChI is InChI=1S/C16H24N2O/c1-13-8-4-3-7-11-18(13)16(19)12-15(17)14-9-5-2-6-10-14/h2,5-6,9-10,13,15H,3-4,7-8,11-12,17H2,1H3. The minimum absolute atomic E-state index is 0.191. The zero-order valence-electron chi connectivity index (χ0n) is 11.7. The van der Waals surface area contributed by atoms with E-state index in [1.165, 1.54) is 12.8 Å². The van der Waals surface area contributed by atoms with Gasteiger partial charge in [0.2, 0.25) is 5.91 Å². The van der Waals surface area contributed by atoms with Gasteiger partial charge in [0.25, 0.3) is 0 Å². The maximum atomic E-state index is 12.4. The van der Waals surface area contributed by atoms with E-state index in [-0.39, 0.29) is 11.9 Å². The van der Waals surface area contributed by atoms with E-state index in [4.69, 9.17) is 5.73 Å². The Hall–Kier alpha value is -1.35. The molecule has 0 radical (unpaired) electrons. The lowest BCUT2D eigenvalue weighted by Crippen LogP contribution is -2.39. The molecule has 1 aromatic carbocycles. The molecule has 3 heteroatoms. The molecular formula is C16H24N2O. The second kappa shape index (κ2) is 6.71. The minimum atomic E-state index is -0.191. The monoisotopic (exact) mass is 260 g/mol. The van der Waals surface area contributed by atoms with E-state index < -0.39 is 0 Å². The van der Waals surface area contributed by atoms with E-state index in [0.29, 0.717) is 12.5 Å². The van der Waals surface area contributed by atoms with Crippen LogP contribution in [0.1, 0.15) is 50.6 Å². The van der Waals surface area contributed by atoms with Crippen LogP contribution < -0.4 is 5.73 Å². The van der Waals surface area contributed by atoms with Gasteiger partial charge in [0, 0.05) is 25.0 Å². The van der Waals surface area contributed by atoms with E-state index >= 15 is 0 Å². The molecule has 0 saturated carbocycles. The highest BCUT2D eigenvalue weighted by atomic mass is 16.2. The smallest absolute Gasteiger partial charge is 0.224 e. The van der Waals surface area contributed by atoms with Crippen LogP contribution in [-0.2, 0) is 4.79 Å². The van der Waals surface area contributed by atoms with Crippen molar-refractivity contribution in [1.29, 1.82) is 0 Å². The first kappa shape index (κ1) is 14.1. The minimum Gasteiger partial charge on any atom is -0.340 e. The van der Waals surface area contributed by atoms with Crippen molar-refractivity contribution in [2.75, 3.05) is 6.54 Å². The van der Waals surface area contributed by atoms with Crippen molar-refractivity contribution in [2.45, 2.75) is 51.1 Å². The molecule has 104 valence electrons. The fourth-order valence-corrected chi connectivity index (χ4v) is 2.77. The first-order chi connectivity index (χ1) is 9.18. The van der Waals surface area contributed by atoms with E-state index in [9.17, 15) is 4.79 Å². The highest BCUT2D eigenvalue weighted by Gasteiger charge is 2.23. The lowest BCUT2D eigenvalue weighted by Gasteiger charge is -2.28. The van der Waals surface area contributed by atoms with Crippen molar-refractivity contribution in [3.8, 4) is 0 Å². The molecule has 1 aromatic rings. The van der Waals surface area contributed by atoms with E-state index in [0.717, 1.165) is 24.9 Å². The fraction of sp³-hybridized carbons (Fsp3) is 0.562. The van der Waals surface area contributed by atoms with Gasteiger partial charge in [-0.05, 0) is 25.3 Å². The third-order valence-electron chi connectivity index (χ3n) is 4.00. The average molecular weight is 260 g/mol. The van der Waals surface area contributed by atoms with Crippen LogP contribution in [0, 0.1) is 0 Å². The molecule has 0 bridgehead atoms. The number of rotatable bonds is 3. The predicted octanol–water partition coefficient (Wildman–Crippen LogP) is 2.87. The Morgan fingerprint density at radius 1 is 1.32 bits per heavy atom. The fourth-order valence-electron chi connectivity index (χ4n) is 2.77. The summed E-state index contributed by atoms with van der Waals surface area (Å²) >= 11 is 0. The number of nitrogens with two attached hydrogens (primary N) is 1. The molecule has 1 aliphatic heterocycles. The lowest BCUT2D eigenvalue weighted by atomic mass is 10.0. The third kappa shape index (κ3) is 3.80. The molecule has 1 aliphatic rings. The van der Waals surface area contributed by atoms with Crippen LogP contribution in [0.3, 0.4) is 0 Å². The van der Waals surface area contributed by atoms with E-state index in [2.05, 4.69) is 6.92 Å². The number of carbonyl (C=O) groups excluding carboxylic acids is 1. The summed E-state index contributed by atoms with van der Waals surface area (Å²) < 4.78 is 0. The first-order valence-electron chi connectivity index (χ1n) is 7.28. The topological polar surface area (TPSA) is 46.3 Å². The van der Waals surface area contributed by atoms with Crippen molar-refractivity contribution < 1.29 is 4.79 Å². The number of hydrogen-bond donors (Lipinski definition) is 1. The maximum Gasteiger partial charge on any atom is 0.224 e. The number of amides is 1. The van der Waals surface area contributed by atoms with Gasteiger partial charge in [0.1, 0.15) is 0 Å². The van der Waals surface area contributed by atoms with Gasteiger partial charge in [-0.15, -0.1) is 0 Å². The van der Waals surface area contributed by atoms with Crippen molar-refractivity contribution in [3.05, 3.63) is 35.9 Å². The van der Waals surface area contributed by atoms with Crippen LogP contribution in [0.5, 0.6) is 0 Å². The van der Waals surface area contributed by atoms with Gasteiger partial charge in [-0.25, -0.2) is 0 Å². The largest absolute Gasteiger partial charge is 0.340 e. The van der Waals surface area contributed by atoms with Gasteiger partial charge in [-0.2, -0.15) is 0 Å². The summed E-state index contributed by atoms with van der Waals surface area (Å²) in [6.07, 6.45) is 5.12. The molecule has 1 amide bonds. The van der Waals surface area contributed by atoms with Crippen LogP contribution in [0.25, 0.3) is 0 Å². The zero-order chi connectivity index (χ0) is 13.7. The van der Waals surface area contributed by atoms with Crippen LogP contribution in [-0.4, -0.2) is 23.4 Å². The Bertz CT molecular complexity index is 404. The summed E-state index contributed by atoms with van der Waals surface area (Å²) in [5.41, 5.74) is 7.18. The molecule has 19 heavy (non-hydrogen) atoms. The predicted molar refractivity (Wildman–Crippen MR) is 77.6 cm³/mol. The maximum absolute atomic E-state index is 12.4. The van der Waals surface area contributed by atoms with Gasteiger partial charge in [-0.1, -0.05) is 43.2 Å². The van der Waals surface area contributed by atoms with Crippen LogP contribution in [0.2, 0.25) is 0 Å². The summed E-state index contributed by atoms with van der Waals surface area (Å²) in [5.74, 6) is 0.200. The molecule has 1 saturated heterocycles. The molecular weight excluding hydrogens is 236 g/mol. The second-order valence-corrected chi connectivity index (χ2v) is 5.51. The summed E-state index contributed by atoms with van der Waals surface area (Å²) in [6, 6.07) is 10.0. The quantitative estimate of drug-likeness (QED) is 0.908. The van der Waals surface area contributed by atoms with Gasteiger partial charge < -0.3 is 10.6 Å². The van der Waals surface area contributed by atoms with Crippen LogP contribution in [0.4, 0.5) is 0 Å². The molecule has 2 unspecified atom stereocenters. The SMILES string of the molecule is CC1CCCCCN1C(=O)CC(N)c1ccccc1. The normalized spacial score (nSPS) is 21.8. The van der Waals surface area contributed by atoms with Crippen molar-refractivity contribution in [1.82, 2.24) is 4.90 Å². The van der Waals surface area contributed by atoms with E-state index in [1.54, 1.807) is 0 Å². The third-order valence-corrected chi connectivity index (χ3v) is 4.00. The average Bonchev–Trinajstić information content (AvgIpc) is 2.64. The number of nitrogens with zero attached hydrogens (tertiary/aromatic N) is 1. The molecule has 2 atom stereocenters. The molecule has 0 aliphatic carbocycles. The molecule has 1 fully saturated rings. The lowest BCUT2D eigenvalue weighted by molar-refractivity contribution is -0.133. The van der Waals surface area contributed by atoms with Gasteiger partial charge in [-0.3, -0.25) is 4.79 Å². The number of benzene rings is 1. The molecule has 0 aromatic heterocycles. The summed E-state index contributed by atoms with van der Waals surface area (Å²) in [7, 11) is 0. The number of carbonyl (C=O) groups is 1. The van der Waals surface area contributed by atoms with E-state index in [1.807, 2.05) is 35.2 Å². The Kier molecular flexibility index (Phi) is 4.97. The van der Waals surface area contributed by atoms with Gasteiger partial charge in [0.05, 0.1) is 0 Å². The van der Waals surface area contributed by atoms with Gasteiger partial charge in [0.15, 0.2) is 0 Å². The summed E-state index contributed by atoms with van der Waals surface area (Å²) in [5, 5.41) is 0. The Morgan fingerprint density at radius 3 is 2.79 bits per heavy atom. The molecule has 1 heterocycles. The summed E-state index contributed by atoms with van der Waals surface area (Å²) in [6.45, 7) is 3.04. The second-order valence-electron chi connectivity index (χ2n) is 5.51.